The van der Waals surface area contributed by atoms with Crippen molar-refractivity contribution in [3.05, 3.63) is 12.7 Å². The van der Waals surface area contributed by atoms with Gasteiger partial charge in [-0.3, -0.25) is 9.89 Å². The number of rotatable bonds is 9. The van der Waals surface area contributed by atoms with Crippen molar-refractivity contribution in [2.24, 2.45) is 4.99 Å². The molecule has 0 bridgehead atoms. The maximum Gasteiger partial charge on any atom is 0.193 e. The lowest BCUT2D eigenvalue weighted by atomic mass is 10.2. The Labute approximate surface area is 166 Å². The minimum absolute atomic E-state index is 0. The Morgan fingerprint density at radius 1 is 1.29 bits per heavy atom. The van der Waals surface area contributed by atoms with Gasteiger partial charge in [0.05, 0.1) is 6.54 Å². The number of nitrogens with zero attached hydrogens (tertiary/aromatic N) is 4. The van der Waals surface area contributed by atoms with Crippen LogP contribution in [0.3, 0.4) is 0 Å². The molecule has 5 nitrogen and oxygen atoms in total. The molecule has 0 aromatic rings. The summed E-state index contributed by atoms with van der Waals surface area (Å²) in [6.07, 6.45) is 6.84. The molecule has 1 N–H and O–H groups in total. The average molecular weight is 451 g/mol. The van der Waals surface area contributed by atoms with Gasteiger partial charge in [-0.25, -0.2) is 0 Å². The summed E-state index contributed by atoms with van der Waals surface area (Å²) in [5, 5.41) is 3.43. The second-order valence-corrected chi connectivity index (χ2v) is 6.65. The van der Waals surface area contributed by atoms with Crippen LogP contribution < -0.4 is 5.32 Å². The predicted molar refractivity (Wildman–Crippen MR) is 117 cm³/mol. The lowest BCUT2D eigenvalue weighted by Gasteiger charge is -2.37. The van der Waals surface area contributed by atoms with Crippen LogP contribution >= 0.6 is 24.0 Å². The maximum absolute atomic E-state index is 4.88. The van der Waals surface area contributed by atoms with Crippen molar-refractivity contribution in [2.75, 3.05) is 60.4 Å². The van der Waals surface area contributed by atoms with Gasteiger partial charge >= 0.3 is 0 Å². The summed E-state index contributed by atoms with van der Waals surface area (Å²) >= 11 is 0. The summed E-state index contributed by atoms with van der Waals surface area (Å²) in [7, 11) is 6.55. The summed E-state index contributed by atoms with van der Waals surface area (Å²) in [5.41, 5.74) is 0. The molecule has 1 aliphatic heterocycles. The van der Waals surface area contributed by atoms with Gasteiger partial charge in [-0.1, -0.05) is 12.5 Å². The molecule has 0 aromatic heterocycles. The van der Waals surface area contributed by atoms with Gasteiger partial charge in [0.25, 0.3) is 0 Å². The van der Waals surface area contributed by atoms with E-state index in [1.165, 1.54) is 19.3 Å². The van der Waals surface area contributed by atoms with Crippen molar-refractivity contribution < 1.29 is 0 Å². The Hall–Kier alpha value is -0.340. The summed E-state index contributed by atoms with van der Waals surface area (Å²) in [6, 6.07) is 0.517. The first-order chi connectivity index (χ1) is 11.1. The molecule has 0 aromatic carbocycles. The average Bonchev–Trinajstić information content (AvgIpc) is 2.54. The fraction of sp³-hybridized carbons (Fsp3) is 0.833. The van der Waals surface area contributed by atoms with Crippen LogP contribution in [0.25, 0.3) is 0 Å². The fourth-order valence-electron chi connectivity index (χ4n) is 2.88. The van der Waals surface area contributed by atoms with Gasteiger partial charge in [-0.05, 0) is 40.3 Å². The SMILES string of the molecule is C=CCCCCCN(C)C(=NCC1CN(C)CCN1C)NCC.I. The van der Waals surface area contributed by atoms with Gasteiger partial charge in [0, 0.05) is 45.8 Å². The van der Waals surface area contributed by atoms with Crippen LogP contribution in [0, 0.1) is 0 Å². The molecular weight excluding hydrogens is 413 g/mol. The molecule has 24 heavy (non-hydrogen) atoms. The minimum atomic E-state index is 0. The van der Waals surface area contributed by atoms with Crippen LogP contribution in [0.15, 0.2) is 17.6 Å². The minimum Gasteiger partial charge on any atom is -0.357 e. The zero-order valence-corrected chi connectivity index (χ0v) is 18.5. The summed E-state index contributed by atoms with van der Waals surface area (Å²) in [5.74, 6) is 1.04. The van der Waals surface area contributed by atoms with Crippen LogP contribution in [-0.4, -0.2) is 87.1 Å². The van der Waals surface area contributed by atoms with Crippen LogP contribution in [-0.2, 0) is 0 Å². The molecule has 6 heteroatoms. The quantitative estimate of drug-likeness (QED) is 0.192. The molecule has 1 aliphatic rings. The van der Waals surface area contributed by atoms with Crippen LogP contribution in [0.4, 0.5) is 0 Å². The highest BCUT2D eigenvalue weighted by Gasteiger charge is 2.22. The Balaban J connectivity index is 0.00000529. The predicted octanol–water partition coefficient (Wildman–Crippen LogP) is 2.49. The van der Waals surface area contributed by atoms with Crippen LogP contribution in [0.5, 0.6) is 0 Å². The largest absolute Gasteiger partial charge is 0.357 e. The number of halogens is 1. The van der Waals surface area contributed by atoms with Crippen molar-refractivity contribution in [1.82, 2.24) is 20.0 Å². The van der Waals surface area contributed by atoms with E-state index in [9.17, 15) is 0 Å². The van der Waals surface area contributed by atoms with Crippen molar-refractivity contribution in [3.63, 3.8) is 0 Å². The lowest BCUT2D eigenvalue weighted by molar-refractivity contribution is 0.119. The molecule has 1 saturated heterocycles. The molecule has 1 unspecified atom stereocenters. The molecular formula is C18H38IN5. The molecule has 0 saturated carbocycles. The van der Waals surface area contributed by atoms with Gasteiger partial charge in [0.15, 0.2) is 5.96 Å². The van der Waals surface area contributed by atoms with Crippen LogP contribution in [0.2, 0.25) is 0 Å². The normalized spacial score (nSPS) is 19.7. The maximum atomic E-state index is 4.88. The van der Waals surface area contributed by atoms with Crippen LogP contribution in [0.1, 0.15) is 32.6 Å². The molecule has 0 spiro atoms. The molecule has 1 heterocycles. The number of unbranched alkanes of at least 4 members (excludes halogenated alkanes) is 3. The summed E-state index contributed by atoms with van der Waals surface area (Å²) in [4.78, 5) is 12.0. The van der Waals surface area contributed by atoms with E-state index in [2.05, 4.69) is 54.7 Å². The Morgan fingerprint density at radius 2 is 2.04 bits per heavy atom. The van der Waals surface area contributed by atoms with Gasteiger partial charge in [-0.2, -0.15) is 0 Å². The zero-order valence-electron chi connectivity index (χ0n) is 16.1. The van der Waals surface area contributed by atoms with E-state index >= 15 is 0 Å². The third kappa shape index (κ3) is 9.22. The van der Waals surface area contributed by atoms with E-state index in [1.54, 1.807) is 0 Å². The highest BCUT2D eigenvalue weighted by atomic mass is 127. The first-order valence-corrected chi connectivity index (χ1v) is 9.07. The van der Waals surface area contributed by atoms with E-state index in [0.717, 1.165) is 51.6 Å². The Morgan fingerprint density at radius 3 is 2.71 bits per heavy atom. The highest BCUT2D eigenvalue weighted by molar-refractivity contribution is 14.0. The number of aliphatic imine (C=N–C) groups is 1. The number of nitrogens with one attached hydrogen (secondary N) is 1. The molecule has 1 fully saturated rings. The summed E-state index contributed by atoms with van der Waals surface area (Å²) in [6.45, 7) is 12.1. The van der Waals surface area contributed by atoms with E-state index < -0.39 is 0 Å². The Kier molecular flexibility index (Phi) is 13.7. The first-order valence-electron chi connectivity index (χ1n) is 9.07. The topological polar surface area (TPSA) is 34.1 Å². The first kappa shape index (κ1) is 23.7. The van der Waals surface area contributed by atoms with Gasteiger partial charge < -0.3 is 15.1 Å². The zero-order chi connectivity index (χ0) is 17.1. The lowest BCUT2D eigenvalue weighted by Crippen LogP contribution is -2.51. The molecule has 1 rings (SSSR count). The van der Waals surface area contributed by atoms with E-state index in [4.69, 9.17) is 4.99 Å². The number of allylic oxidation sites excluding steroid dienone is 1. The third-order valence-electron chi connectivity index (χ3n) is 4.53. The molecule has 1 atom stereocenters. The second kappa shape index (κ2) is 13.9. The number of guanidine groups is 1. The Bertz CT molecular complexity index is 361. The fourth-order valence-corrected chi connectivity index (χ4v) is 2.88. The third-order valence-corrected chi connectivity index (χ3v) is 4.53. The van der Waals surface area contributed by atoms with Gasteiger partial charge in [0.1, 0.15) is 0 Å². The molecule has 0 amide bonds. The number of likely N-dealkylation sites (N-methyl/N-ethyl adjacent to an activating group) is 2. The van der Waals surface area contributed by atoms with E-state index in [-0.39, 0.29) is 24.0 Å². The molecule has 0 radical (unpaired) electrons. The number of hydrogen-bond donors (Lipinski definition) is 1. The van der Waals surface area contributed by atoms with Crippen molar-refractivity contribution in [1.29, 1.82) is 0 Å². The number of piperazine rings is 1. The summed E-state index contributed by atoms with van der Waals surface area (Å²) < 4.78 is 0. The molecule has 142 valence electrons. The monoisotopic (exact) mass is 451 g/mol. The van der Waals surface area contributed by atoms with Gasteiger partial charge in [-0.15, -0.1) is 30.6 Å². The van der Waals surface area contributed by atoms with Crippen molar-refractivity contribution in [2.45, 2.75) is 38.6 Å². The number of hydrogen-bond acceptors (Lipinski definition) is 3. The standard InChI is InChI=1S/C18H37N5.HI/c1-6-8-9-10-11-12-23(5)18(19-7-2)20-15-17-16-21(3)13-14-22(17)4;/h6,17H,1,7-16H2,2-5H3,(H,19,20);1H. The van der Waals surface area contributed by atoms with E-state index in [0.29, 0.717) is 6.04 Å². The van der Waals surface area contributed by atoms with Gasteiger partial charge in [0.2, 0.25) is 0 Å². The van der Waals surface area contributed by atoms with Crippen molar-refractivity contribution in [3.8, 4) is 0 Å². The molecule has 0 aliphatic carbocycles. The smallest absolute Gasteiger partial charge is 0.193 e. The van der Waals surface area contributed by atoms with E-state index in [1.807, 2.05) is 6.08 Å². The highest BCUT2D eigenvalue weighted by Crippen LogP contribution is 2.07. The second-order valence-electron chi connectivity index (χ2n) is 6.65. The van der Waals surface area contributed by atoms with Crippen molar-refractivity contribution >= 4 is 29.9 Å².